The van der Waals surface area contributed by atoms with Gasteiger partial charge in [-0.2, -0.15) is 5.06 Å². The molecule has 0 unspecified atom stereocenters. The largest absolute Gasteiger partial charge is 0.499 e. The van der Waals surface area contributed by atoms with Crippen LogP contribution in [-0.2, 0) is 60.7 Å². The number of unbranched alkanes of at least 4 members (excludes halogenated alkanes) is 4. The topological polar surface area (TPSA) is 183 Å². The van der Waals surface area contributed by atoms with Gasteiger partial charge in [0, 0.05) is 39.2 Å². The van der Waals surface area contributed by atoms with Crippen LogP contribution in [0, 0.1) is 5.41 Å². The summed E-state index contributed by atoms with van der Waals surface area (Å²) < 4.78 is 31.3. The van der Waals surface area contributed by atoms with E-state index >= 15 is 4.79 Å². The highest BCUT2D eigenvalue weighted by Crippen LogP contribution is 2.58. The Morgan fingerprint density at radius 3 is 2.31 bits per heavy atom. The summed E-state index contributed by atoms with van der Waals surface area (Å²) in [5.41, 5.74) is 0.0700. The second-order valence-electron chi connectivity index (χ2n) is 18.9. The Hall–Kier alpha value is -4.38. The van der Waals surface area contributed by atoms with E-state index in [9.17, 15) is 24.6 Å². The predicted molar refractivity (Wildman–Crippen MR) is 241 cm³/mol. The molecule has 3 N–H and O–H groups in total. The van der Waals surface area contributed by atoms with Gasteiger partial charge < -0.3 is 44.1 Å². The molecule has 4 fully saturated rings. The van der Waals surface area contributed by atoms with Crippen LogP contribution in [0.3, 0.4) is 0 Å². The first-order valence-corrected chi connectivity index (χ1v) is 23.6. The van der Waals surface area contributed by atoms with E-state index in [0.717, 1.165) is 55.2 Å². The van der Waals surface area contributed by atoms with Crippen molar-refractivity contribution in [2.45, 2.75) is 172 Å². The molecule has 8 atom stereocenters. The first-order valence-electron chi connectivity index (χ1n) is 23.6. The molecule has 0 spiro atoms. The lowest BCUT2D eigenvalue weighted by Crippen LogP contribution is -2.70. The van der Waals surface area contributed by atoms with Gasteiger partial charge >= 0.3 is 11.9 Å². The van der Waals surface area contributed by atoms with Crippen LogP contribution in [0.5, 0.6) is 0 Å². The highest BCUT2D eigenvalue weighted by Gasteiger charge is 2.76. The van der Waals surface area contributed by atoms with E-state index in [4.69, 9.17) is 28.5 Å². The number of fused-ring (bicyclic) bond motifs is 4. The number of benzene rings is 2. The Bertz CT molecular complexity index is 1930. The zero-order chi connectivity index (χ0) is 46.8. The highest BCUT2D eigenvalue weighted by atomic mass is 16.8. The second kappa shape index (κ2) is 22.4. The molecular weight excluding hydrogens is 835 g/mol. The van der Waals surface area contributed by atoms with Crippen LogP contribution in [0.1, 0.15) is 122 Å². The molecule has 2 aromatic rings. The van der Waals surface area contributed by atoms with Crippen molar-refractivity contribution in [3.63, 3.8) is 0 Å². The second-order valence-corrected chi connectivity index (χ2v) is 18.9. The van der Waals surface area contributed by atoms with Crippen molar-refractivity contribution in [3.05, 3.63) is 77.5 Å². The number of amides is 2. The van der Waals surface area contributed by atoms with Crippen LogP contribution in [-0.4, -0.2) is 125 Å². The number of hydrogen-bond donors (Lipinski definition) is 3. The maximum atomic E-state index is 15.9. The van der Waals surface area contributed by atoms with Gasteiger partial charge in [0.1, 0.15) is 48.1 Å². The van der Waals surface area contributed by atoms with Crippen molar-refractivity contribution >= 4 is 29.8 Å². The first-order chi connectivity index (χ1) is 31.2. The number of rotatable bonds is 24. The first kappa shape index (κ1) is 50.0. The zero-order valence-corrected chi connectivity index (χ0v) is 39.1. The van der Waals surface area contributed by atoms with Crippen LogP contribution in [0.4, 0.5) is 0 Å². The van der Waals surface area contributed by atoms with E-state index < -0.39 is 89.7 Å². The minimum absolute atomic E-state index is 0.0400. The fourth-order valence-corrected chi connectivity index (χ4v) is 9.83. The van der Waals surface area contributed by atoms with E-state index in [0.29, 0.717) is 12.8 Å². The fourth-order valence-electron chi connectivity index (χ4n) is 9.83. The number of nitrogens with one attached hydrogen (secondary N) is 1. The van der Waals surface area contributed by atoms with Gasteiger partial charge in [-0.05, 0) is 62.8 Å². The molecule has 2 aromatic carbocycles. The Labute approximate surface area is 384 Å². The molecule has 1 aliphatic carbocycles. The Kier molecular flexibility index (Phi) is 17.3. The lowest BCUT2D eigenvalue weighted by Gasteiger charge is -2.50. The van der Waals surface area contributed by atoms with Crippen LogP contribution in [0.15, 0.2) is 60.9 Å². The normalized spacial score (nSPS) is 25.4. The number of aliphatic hydroxyl groups is 2. The van der Waals surface area contributed by atoms with Crippen molar-refractivity contribution in [3.8, 4) is 0 Å². The van der Waals surface area contributed by atoms with Crippen LogP contribution >= 0.6 is 0 Å². The van der Waals surface area contributed by atoms with E-state index in [1.165, 1.54) is 11.2 Å². The molecule has 3 saturated heterocycles. The van der Waals surface area contributed by atoms with Crippen molar-refractivity contribution in [2.75, 3.05) is 26.9 Å². The number of hydroxylamine groups is 2. The number of likely N-dealkylation sites (N-methyl/N-ethyl adjacent to an activating group) is 1. The summed E-state index contributed by atoms with van der Waals surface area (Å²) in [6.45, 7) is 9.22. The molecule has 358 valence electrons. The van der Waals surface area contributed by atoms with E-state index in [-0.39, 0.29) is 45.4 Å². The molecule has 0 aromatic heterocycles. The molecule has 1 saturated carbocycles. The molecule has 6 rings (SSSR count). The number of esters is 2. The summed E-state index contributed by atoms with van der Waals surface area (Å²) >= 11 is 0. The van der Waals surface area contributed by atoms with Crippen molar-refractivity contribution in [2.24, 2.45) is 5.41 Å². The summed E-state index contributed by atoms with van der Waals surface area (Å²) in [5.74, 6) is -3.07. The fraction of sp³-hybridized carbons (Fsp3) is 0.640. The number of hydrogen-bond acceptors (Lipinski definition) is 13. The summed E-state index contributed by atoms with van der Waals surface area (Å²) in [5, 5.41) is 24.1. The Morgan fingerprint density at radius 1 is 0.969 bits per heavy atom. The third-order valence-electron chi connectivity index (χ3n) is 13.0. The maximum absolute atomic E-state index is 15.9. The molecule has 3 aliphatic heterocycles. The Morgan fingerprint density at radius 2 is 1.65 bits per heavy atom. The number of ether oxygens (including phenoxy) is 5. The van der Waals surface area contributed by atoms with E-state index in [1.807, 2.05) is 54.6 Å². The van der Waals surface area contributed by atoms with Gasteiger partial charge in [-0.15, -0.1) is 0 Å². The van der Waals surface area contributed by atoms with Gasteiger partial charge in [0.05, 0.1) is 32.1 Å². The summed E-state index contributed by atoms with van der Waals surface area (Å²) in [6.07, 6.45) is 7.22. The SMILES string of the molecule is CCCCCC1(CCCCC)O[C@@H]2[C@H](O1)[C@H]1ON(Cc3ccccc3C=COCCO)[C@H]3C(=O)O[C@@H]2C[C@@]13C(=O)N(C)[C@H](Cc1ccccc1)C(=O)N[C@H](CO)CCC(=O)OC(C)(C)C. The van der Waals surface area contributed by atoms with E-state index in [2.05, 4.69) is 19.2 Å². The minimum atomic E-state index is -1.57. The third kappa shape index (κ3) is 11.8. The average molecular weight is 906 g/mol. The molecule has 65 heavy (non-hydrogen) atoms. The standard InChI is InChI=1S/C50H71N3O12/c1-7-9-16-25-49(26-17-10-8-2)63-41-39-31-50(43(46(58)61-39)53(65-44(50)42(41)64-49)32-36-21-15-14-20-35(36)24-28-60-29-27-54)47(59)52(6)38(30-34-18-12-11-13-19-34)45(57)51-37(33-55)22-23-40(56)62-48(3,4)5/h11-15,18-21,24,28,37-39,41-44,54-55H,7-10,16-17,22-23,25-27,29-33H2,1-6H3,(H,51,57)/t37-,38+,39+,41-,42-,43-,44+,50-/m0/s1. The lowest BCUT2D eigenvalue weighted by atomic mass is 9.62. The van der Waals surface area contributed by atoms with Crippen molar-refractivity contribution < 1.29 is 57.9 Å². The molecule has 4 aliphatic rings. The molecular formula is C50H71N3O12. The summed E-state index contributed by atoms with van der Waals surface area (Å²) in [4.78, 5) is 66.1. The van der Waals surface area contributed by atoms with E-state index in [1.54, 1.807) is 39.0 Å². The predicted octanol–water partition coefficient (Wildman–Crippen LogP) is 5.78. The number of carbonyl (C=O) groups is 4. The monoisotopic (exact) mass is 906 g/mol. The molecule has 2 amide bonds. The minimum Gasteiger partial charge on any atom is -0.499 e. The molecule has 2 bridgehead atoms. The molecule has 15 heteroatoms. The Balaban J connectivity index is 1.38. The van der Waals surface area contributed by atoms with Crippen molar-refractivity contribution in [1.29, 1.82) is 0 Å². The lowest BCUT2D eigenvalue weighted by molar-refractivity contribution is -0.225. The summed E-state index contributed by atoms with van der Waals surface area (Å²) in [6, 6.07) is 13.7. The molecule has 0 radical (unpaired) electrons. The zero-order valence-electron chi connectivity index (χ0n) is 39.1. The smallest absolute Gasteiger partial charge is 0.327 e. The van der Waals surface area contributed by atoms with Gasteiger partial charge in [0.25, 0.3) is 0 Å². The third-order valence-corrected chi connectivity index (χ3v) is 13.0. The number of aliphatic hydroxyl groups excluding tert-OH is 2. The van der Waals surface area contributed by atoms with Crippen LogP contribution in [0.25, 0.3) is 6.08 Å². The molecule has 3 heterocycles. The highest BCUT2D eigenvalue weighted by molar-refractivity contribution is 5.96. The van der Waals surface area contributed by atoms with Crippen molar-refractivity contribution in [1.82, 2.24) is 15.3 Å². The maximum Gasteiger partial charge on any atom is 0.327 e. The number of nitrogens with zero attached hydrogens (tertiary/aromatic N) is 2. The van der Waals surface area contributed by atoms with Gasteiger partial charge in [-0.1, -0.05) is 94.1 Å². The summed E-state index contributed by atoms with van der Waals surface area (Å²) in [7, 11) is 1.57. The van der Waals surface area contributed by atoms with Gasteiger partial charge in [0.2, 0.25) is 11.8 Å². The van der Waals surface area contributed by atoms with Gasteiger partial charge in [-0.3, -0.25) is 24.0 Å². The van der Waals surface area contributed by atoms with Crippen LogP contribution in [0.2, 0.25) is 0 Å². The van der Waals surface area contributed by atoms with Crippen LogP contribution < -0.4 is 5.32 Å². The van der Waals surface area contributed by atoms with Gasteiger partial charge in [-0.25, -0.2) is 0 Å². The quantitative estimate of drug-likeness (QED) is 0.0656. The molecule has 15 nitrogen and oxygen atoms in total. The average Bonchev–Trinajstić information content (AvgIpc) is 3.84. The van der Waals surface area contributed by atoms with Gasteiger partial charge in [0.15, 0.2) is 11.8 Å². The number of carbonyl (C=O) groups excluding carboxylic acids is 4.